The van der Waals surface area contributed by atoms with E-state index in [0.717, 1.165) is 37.9 Å². The first-order valence-corrected chi connectivity index (χ1v) is 7.74. The summed E-state index contributed by atoms with van der Waals surface area (Å²) in [5.41, 5.74) is 0. The average Bonchev–Trinajstić information content (AvgIpc) is 2.90. The highest BCUT2D eigenvalue weighted by Gasteiger charge is 2.14. The summed E-state index contributed by atoms with van der Waals surface area (Å²) in [7, 11) is 0. The van der Waals surface area contributed by atoms with E-state index < -0.39 is 0 Å². The maximum Gasteiger partial charge on any atom is 0.185 e. The molecule has 1 N–H and O–H groups in total. The maximum atomic E-state index is 5.59. The molecule has 0 spiro atoms. The summed E-state index contributed by atoms with van der Waals surface area (Å²) in [6, 6.07) is 0. The molecule has 108 valence electrons. The molecule has 1 atom stereocenters. The molecule has 1 aromatic rings. The van der Waals surface area contributed by atoms with E-state index >= 15 is 0 Å². The second-order valence-electron chi connectivity index (χ2n) is 4.48. The van der Waals surface area contributed by atoms with Crippen LogP contribution in [0.4, 0.5) is 5.13 Å². The van der Waals surface area contributed by atoms with Gasteiger partial charge in [0.15, 0.2) is 5.13 Å². The highest BCUT2D eigenvalue weighted by Crippen LogP contribution is 2.21. The molecule has 0 aliphatic carbocycles. The molecule has 2 rings (SSSR count). The first kappa shape index (κ1) is 14.7. The van der Waals surface area contributed by atoms with Gasteiger partial charge in [0.1, 0.15) is 0 Å². The molecular weight excluding hydrogens is 262 g/mol. The fourth-order valence-electron chi connectivity index (χ4n) is 2.03. The van der Waals surface area contributed by atoms with Crippen LogP contribution in [0, 0.1) is 0 Å². The molecule has 0 radical (unpaired) electrons. The third-order valence-electron chi connectivity index (χ3n) is 3.13. The quantitative estimate of drug-likeness (QED) is 0.822. The van der Waals surface area contributed by atoms with Crippen LogP contribution in [0.5, 0.6) is 0 Å². The molecule has 1 aromatic heterocycles. The van der Waals surface area contributed by atoms with Crippen molar-refractivity contribution in [1.82, 2.24) is 10.3 Å². The predicted octanol–water partition coefficient (Wildman–Crippen LogP) is 1.49. The van der Waals surface area contributed by atoms with E-state index in [-0.39, 0.29) is 6.10 Å². The first-order valence-electron chi connectivity index (χ1n) is 6.93. The van der Waals surface area contributed by atoms with Gasteiger partial charge in [-0.25, -0.2) is 4.98 Å². The van der Waals surface area contributed by atoms with Gasteiger partial charge in [-0.05, 0) is 13.8 Å². The first-order chi connectivity index (χ1) is 9.33. The van der Waals surface area contributed by atoms with Crippen LogP contribution in [0.15, 0.2) is 6.20 Å². The molecule has 19 heavy (non-hydrogen) atoms. The van der Waals surface area contributed by atoms with Crippen LogP contribution in [0.25, 0.3) is 0 Å². The standard InChI is InChI=1S/C13H23N3O2S/c1-3-16(4-2)13-15-9-12(19-13)8-14-7-11-10-17-5-6-18-11/h9,11,14H,3-8,10H2,1-2H3. The minimum absolute atomic E-state index is 0.184. The topological polar surface area (TPSA) is 46.6 Å². The minimum Gasteiger partial charge on any atom is -0.376 e. The zero-order chi connectivity index (χ0) is 13.5. The van der Waals surface area contributed by atoms with Crippen LogP contribution in [0.1, 0.15) is 18.7 Å². The second kappa shape index (κ2) is 7.79. The summed E-state index contributed by atoms with van der Waals surface area (Å²) in [5.74, 6) is 0. The lowest BCUT2D eigenvalue weighted by Gasteiger charge is -2.22. The molecule has 1 fully saturated rings. The number of nitrogens with zero attached hydrogens (tertiary/aromatic N) is 2. The van der Waals surface area contributed by atoms with E-state index in [2.05, 4.69) is 29.0 Å². The largest absolute Gasteiger partial charge is 0.376 e. The summed E-state index contributed by atoms with van der Waals surface area (Å²) in [6.07, 6.45) is 2.15. The Kier molecular flexibility index (Phi) is 6.03. The molecule has 0 saturated carbocycles. The summed E-state index contributed by atoms with van der Waals surface area (Å²) in [5, 5.41) is 4.52. The van der Waals surface area contributed by atoms with Gasteiger partial charge in [-0.15, -0.1) is 11.3 Å². The molecule has 1 saturated heterocycles. The van der Waals surface area contributed by atoms with E-state index in [4.69, 9.17) is 9.47 Å². The molecule has 0 bridgehead atoms. The number of nitrogens with one attached hydrogen (secondary N) is 1. The Balaban J connectivity index is 1.73. The predicted molar refractivity (Wildman–Crippen MR) is 77.9 cm³/mol. The van der Waals surface area contributed by atoms with Crippen LogP contribution in [-0.4, -0.2) is 50.5 Å². The van der Waals surface area contributed by atoms with Crippen molar-refractivity contribution in [1.29, 1.82) is 0 Å². The number of hydrogen-bond acceptors (Lipinski definition) is 6. The van der Waals surface area contributed by atoms with Gasteiger partial charge in [0.2, 0.25) is 0 Å². The van der Waals surface area contributed by atoms with Crippen molar-refractivity contribution in [2.75, 3.05) is 44.4 Å². The van der Waals surface area contributed by atoms with Crippen LogP contribution in [-0.2, 0) is 16.0 Å². The van der Waals surface area contributed by atoms with Gasteiger partial charge < -0.3 is 19.7 Å². The van der Waals surface area contributed by atoms with E-state index in [1.54, 1.807) is 11.3 Å². The summed E-state index contributed by atoms with van der Waals surface area (Å²) < 4.78 is 11.0. The van der Waals surface area contributed by atoms with E-state index in [0.29, 0.717) is 13.2 Å². The fourth-order valence-corrected chi connectivity index (χ4v) is 3.04. The molecule has 1 aliphatic rings. The van der Waals surface area contributed by atoms with Crippen molar-refractivity contribution < 1.29 is 9.47 Å². The third kappa shape index (κ3) is 4.42. The van der Waals surface area contributed by atoms with Crippen LogP contribution < -0.4 is 10.2 Å². The van der Waals surface area contributed by atoms with Gasteiger partial charge in [-0.2, -0.15) is 0 Å². The fraction of sp³-hybridized carbons (Fsp3) is 0.769. The smallest absolute Gasteiger partial charge is 0.185 e. The molecule has 0 aromatic carbocycles. The Hall–Kier alpha value is -0.690. The maximum absolute atomic E-state index is 5.59. The summed E-state index contributed by atoms with van der Waals surface area (Å²) in [6.45, 7) is 10.1. The van der Waals surface area contributed by atoms with Crippen LogP contribution in [0.3, 0.4) is 0 Å². The van der Waals surface area contributed by atoms with Crippen LogP contribution in [0.2, 0.25) is 0 Å². The van der Waals surface area contributed by atoms with E-state index in [9.17, 15) is 0 Å². The molecule has 5 nitrogen and oxygen atoms in total. The van der Waals surface area contributed by atoms with Gasteiger partial charge >= 0.3 is 0 Å². The molecule has 2 heterocycles. The minimum atomic E-state index is 0.184. The van der Waals surface area contributed by atoms with Gasteiger partial charge in [-0.3, -0.25) is 0 Å². The monoisotopic (exact) mass is 285 g/mol. The number of thiazole rings is 1. The SMILES string of the molecule is CCN(CC)c1ncc(CNCC2COCCO2)s1. The molecule has 1 unspecified atom stereocenters. The van der Waals surface area contributed by atoms with Gasteiger partial charge in [-0.1, -0.05) is 0 Å². The number of aromatic nitrogens is 1. The van der Waals surface area contributed by atoms with Crippen molar-refractivity contribution in [3.8, 4) is 0 Å². The Morgan fingerprint density at radius 2 is 2.26 bits per heavy atom. The zero-order valence-electron chi connectivity index (χ0n) is 11.7. The number of anilines is 1. The van der Waals surface area contributed by atoms with E-state index in [1.807, 2.05) is 6.20 Å². The average molecular weight is 285 g/mol. The lowest BCUT2D eigenvalue weighted by Crippen LogP contribution is -2.37. The summed E-state index contributed by atoms with van der Waals surface area (Å²) in [4.78, 5) is 8.00. The molecule has 0 amide bonds. The molecular formula is C13H23N3O2S. The Morgan fingerprint density at radius 1 is 1.42 bits per heavy atom. The molecule has 6 heteroatoms. The van der Waals surface area contributed by atoms with Crippen LogP contribution >= 0.6 is 11.3 Å². The zero-order valence-corrected chi connectivity index (χ0v) is 12.5. The Bertz CT molecular complexity index is 363. The summed E-state index contributed by atoms with van der Waals surface area (Å²) >= 11 is 1.76. The normalized spacial score (nSPS) is 19.6. The lowest BCUT2D eigenvalue weighted by molar-refractivity contribution is -0.0864. The van der Waals surface area contributed by atoms with Crippen molar-refractivity contribution >= 4 is 16.5 Å². The second-order valence-corrected chi connectivity index (χ2v) is 5.57. The molecule has 1 aliphatic heterocycles. The van der Waals surface area contributed by atoms with Crippen molar-refractivity contribution in [2.45, 2.75) is 26.5 Å². The van der Waals surface area contributed by atoms with Crippen molar-refractivity contribution in [2.24, 2.45) is 0 Å². The van der Waals surface area contributed by atoms with Gasteiger partial charge in [0.25, 0.3) is 0 Å². The van der Waals surface area contributed by atoms with Crippen molar-refractivity contribution in [3.05, 3.63) is 11.1 Å². The lowest BCUT2D eigenvalue weighted by atomic mass is 10.3. The van der Waals surface area contributed by atoms with Crippen molar-refractivity contribution in [3.63, 3.8) is 0 Å². The van der Waals surface area contributed by atoms with Gasteiger partial charge in [0, 0.05) is 37.3 Å². The third-order valence-corrected chi connectivity index (χ3v) is 4.19. The number of hydrogen-bond donors (Lipinski definition) is 1. The number of ether oxygens (including phenoxy) is 2. The van der Waals surface area contributed by atoms with E-state index in [1.165, 1.54) is 4.88 Å². The Labute approximate surface area is 118 Å². The van der Waals surface area contributed by atoms with Gasteiger partial charge in [0.05, 0.1) is 25.9 Å². The Morgan fingerprint density at radius 3 is 2.95 bits per heavy atom. The highest BCUT2D eigenvalue weighted by atomic mass is 32.1. The number of rotatable bonds is 7. The highest BCUT2D eigenvalue weighted by molar-refractivity contribution is 7.15.